The van der Waals surface area contributed by atoms with E-state index in [0.717, 1.165) is 50.9 Å². The van der Waals surface area contributed by atoms with E-state index in [0.29, 0.717) is 13.2 Å². The first-order valence-electron chi connectivity index (χ1n) is 10.4. The molecule has 0 aromatic rings. The standard InChI is InChI=1S/2C10H17NO2/c2*1-2-13-10(12)9-7-8-3-5-11(9)6-4-8/h2*8-9H,2-7H2,1H3. The van der Waals surface area contributed by atoms with Crippen LogP contribution >= 0.6 is 0 Å². The van der Waals surface area contributed by atoms with Gasteiger partial charge >= 0.3 is 11.9 Å². The fourth-order valence-corrected chi connectivity index (χ4v) is 4.90. The van der Waals surface area contributed by atoms with E-state index in [-0.39, 0.29) is 24.0 Å². The maximum absolute atomic E-state index is 11.5. The largest absolute Gasteiger partial charge is 0.465 e. The number of rotatable bonds is 4. The van der Waals surface area contributed by atoms with Crippen LogP contribution in [0.2, 0.25) is 0 Å². The third kappa shape index (κ3) is 4.58. The summed E-state index contributed by atoms with van der Waals surface area (Å²) in [4.78, 5) is 27.6. The number of ether oxygens (including phenoxy) is 2. The molecule has 0 radical (unpaired) electrons. The van der Waals surface area contributed by atoms with Crippen molar-refractivity contribution in [1.29, 1.82) is 0 Å². The number of piperidine rings is 6. The fourth-order valence-electron chi connectivity index (χ4n) is 4.90. The van der Waals surface area contributed by atoms with Crippen LogP contribution in [0.15, 0.2) is 0 Å². The summed E-state index contributed by atoms with van der Waals surface area (Å²) in [5.74, 6) is 1.54. The Hall–Kier alpha value is -1.14. The lowest BCUT2D eigenvalue weighted by molar-refractivity contribution is -0.154. The van der Waals surface area contributed by atoms with Crippen molar-refractivity contribution in [3.63, 3.8) is 0 Å². The summed E-state index contributed by atoms with van der Waals surface area (Å²) in [5.41, 5.74) is 0. The normalized spacial score (nSPS) is 37.5. The predicted octanol–water partition coefficient (Wildman–Crippen LogP) is 2.07. The summed E-state index contributed by atoms with van der Waals surface area (Å²) in [7, 11) is 0. The molecule has 0 saturated carbocycles. The van der Waals surface area contributed by atoms with Crippen molar-refractivity contribution in [3.05, 3.63) is 0 Å². The molecule has 0 spiro atoms. The van der Waals surface area contributed by atoms with Crippen LogP contribution in [-0.4, -0.2) is 73.2 Å². The van der Waals surface area contributed by atoms with Gasteiger partial charge in [-0.15, -0.1) is 0 Å². The topological polar surface area (TPSA) is 59.1 Å². The van der Waals surface area contributed by atoms with Gasteiger partial charge in [-0.25, -0.2) is 0 Å². The number of nitrogens with zero attached hydrogens (tertiary/aromatic N) is 2. The van der Waals surface area contributed by atoms with Gasteiger partial charge in [0.05, 0.1) is 13.2 Å². The second-order valence-corrected chi connectivity index (χ2v) is 7.97. The van der Waals surface area contributed by atoms with Gasteiger partial charge in [0.1, 0.15) is 12.1 Å². The molecule has 2 unspecified atom stereocenters. The van der Waals surface area contributed by atoms with E-state index in [1.807, 2.05) is 13.8 Å². The van der Waals surface area contributed by atoms with Crippen LogP contribution in [0, 0.1) is 11.8 Å². The third-order valence-electron chi connectivity index (χ3n) is 6.41. The average molecular weight is 367 g/mol. The summed E-state index contributed by atoms with van der Waals surface area (Å²) >= 11 is 0. The molecule has 6 rings (SSSR count). The first-order chi connectivity index (χ1) is 12.6. The second kappa shape index (κ2) is 9.18. The van der Waals surface area contributed by atoms with Gasteiger partial charge in [-0.3, -0.25) is 19.4 Å². The monoisotopic (exact) mass is 366 g/mol. The zero-order chi connectivity index (χ0) is 18.5. The van der Waals surface area contributed by atoms with E-state index in [4.69, 9.17) is 9.47 Å². The van der Waals surface area contributed by atoms with Crippen LogP contribution in [0.1, 0.15) is 52.4 Å². The smallest absolute Gasteiger partial charge is 0.323 e. The van der Waals surface area contributed by atoms with E-state index in [2.05, 4.69) is 9.80 Å². The summed E-state index contributed by atoms with van der Waals surface area (Å²) in [6, 6.07) is 0.153. The molecule has 6 heteroatoms. The highest BCUT2D eigenvalue weighted by Crippen LogP contribution is 2.33. The second-order valence-electron chi connectivity index (χ2n) is 7.97. The van der Waals surface area contributed by atoms with Crippen LogP contribution in [0.4, 0.5) is 0 Å². The molecule has 0 N–H and O–H groups in total. The highest BCUT2D eigenvalue weighted by Gasteiger charge is 2.39. The van der Waals surface area contributed by atoms with Gasteiger partial charge in [-0.05, 0) is 90.4 Å². The van der Waals surface area contributed by atoms with Gasteiger partial charge in [0, 0.05) is 0 Å². The van der Waals surface area contributed by atoms with Crippen LogP contribution in [0.5, 0.6) is 0 Å². The molecule has 4 bridgehead atoms. The number of fused-ring (bicyclic) bond motifs is 6. The van der Waals surface area contributed by atoms with Gasteiger partial charge in [0.15, 0.2) is 0 Å². The average Bonchev–Trinajstić information content (AvgIpc) is 2.70. The fraction of sp³-hybridized carbons (Fsp3) is 0.900. The predicted molar refractivity (Wildman–Crippen MR) is 98.7 cm³/mol. The molecular weight excluding hydrogens is 332 g/mol. The molecule has 0 aromatic carbocycles. The molecule has 6 aliphatic heterocycles. The Morgan fingerprint density at radius 1 is 0.731 bits per heavy atom. The molecule has 6 nitrogen and oxygen atoms in total. The van der Waals surface area contributed by atoms with Crippen LogP contribution in [0.25, 0.3) is 0 Å². The van der Waals surface area contributed by atoms with Gasteiger partial charge in [0.25, 0.3) is 0 Å². The first kappa shape index (κ1) is 19.6. The molecule has 26 heavy (non-hydrogen) atoms. The van der Waals surface area contributed by atoms with Crippen LogP contribution in [0.3, 0.4) is 0 Å². The van der Waals surface area contributed by atoms with Crippen molar-refractivity contribution in [2.75, 3.05) is 39.4 Å². The molecular formula is C20H34N2O4. The lowest BCUT2D eigenvalue weighted by atomic mass is 9.83. The summed E-state index contributed by atoms with van der Waals surface area (Å²) < 4.78 is 10.1. The minimum atomic E-state index is -0.00750. The minimum absolute atomic E-state index is 0.00750. The Bertz CT molecular complexity index is 438. The van der Waals surface area contributed by atoms with Crippen LogP contribution in [-0.2, 0) is 19.1 Å². The van der Waals surface area contributed by atoms with Crippen molar-refractivity contribution >= 4 is 11.9 Å². The number of carbonyl (C=O) groups is 2. The molecule has 2 atom stereocenters. The Kier molecular flexibility index (Phi) is 6.92. The molecule has 148 valence electrons. The highest BCUT2D eigenvalue weighted by atomic mass is 16.5. The zero-order valence-corrected chi connectivity index (χ0v) is 16.3. The number of esters is 2. The maximum Gasteiger partial charge on any atom is 0.323 e. The summed E-state index contributed by atoms with van der Waals surface area (Å²) in [6.45, 7) is 9.12. The summed E-state index contributed by atoms with van der Waals surface area (Å²) in [5, 5.41) is 0. The summed E-state index contributed by atoms with van der Waals surface area (Å²) in [6.07, 6.45) is 7.15. The molecule has 0 amide bonds. The SMILES string of the molecule is CCOC(=O)C1CC2CCN1CC2.CCOC(=O)C1CC2CCN1CC2. The highest BCUT2D eigenvalue weighted by molar-refractivity contribution is 5.76. The molecule has 6 aliphatic rings. The van der Waals surface area contributed by atoms with Crippen molar-refractivity contribution in [3.8, 4) is 0 Å². The Balaban J connectivity index is 0.000000151. The molecule has 6 heterocycles. The molecule has 6 saturated heterocycles. The van der Waals surface area contributed by atoms with Gasteiger partial charge in [-0.1, -0.05) is 0 Å². The van der Waals surface area contributed by atoms with E-state index in [9.17, 15) is 9.59 Å². The minimum Gasteiger partial charge on any atom is -0.465 e. The lowest BCUT2D eigenvalue weighted by Gasteiger charge is -2.43. The first-order valence-corrected chi connectivity index (χ1v) is 10.4. The Labute approximate surface area is 157 Å². The maximum atomic E-state index is 11.5. The van der Waals surface area contributed by atoms with E-state index in [1.54, 1.807) is 0 Å². The van der Waals surface area contributed by atoms with Crippen molar-refractivity contribution in [2.45, 2.75) is 64.5 Å². The Morgan fingerprint density at radius 2 is 1.08 bits per heavy atom. The van der Waals surface area contributed by atoms with Crippen LogP contribution < -0.4 is 0 Å². The number of carbonyl (C=O) groups excluding carboxylic acids is 2. The Morgan fingerprint density at radius 3 is 1.31 bits per heavy atom. The van der Waals surface area contributed by atoms with Crippen molar-refractivity contribution in [2.24, 2.45) is 11.8 Å². The van der Waals surface area contributed by atoms with E-state index < -0.39 is 0 Å². The van der Waals surface area contributed by atoms with E-state index in [1.165, 1.54) is 25.7 Å². The quantitative estimate of drug-likeness (QED) is 0.710. The molecule has 0 aromatic heterocycles. The van der Waals surface area contributed by atoms with Gasteiger partial charge in [-0.2, -0.15) is 0 Å². The lowest BCUT2D eigenvalue weighted by Crippen LogP contribution is -2.52. The zero-order valence-electron chi connectivity index (χ0n) is 16.3. The number of hydrogen-bond acceptors (Lipinski definition) is 6. The van der Waals surface area contributed by atoms with E-state index >= 15 is 0 Å². The molecule has 6 fully saturated rings. The van der Waals surface area contributed by atoms with Gasteiger partial charge in [0.2, 0.25) is 0 Å². The molecule has 0 aliphatic carbocycles. The van der Waals surface area contributed by atoms with Crippen molar-refractivity contribution < 1.29 is 19.1 Å². The third-order valence-corrected chi connectivity index (χ3v) is 6.41. The van der Waals surface area contributed by atoms with Crippen molar-refractivity contribution in [1.82, 2.24) is 9.80 Å². The number of hydrogen-bond donors (Lipinski definition) is 0. The van der Waals surface area contributed by atoms with Gasteiger partial charge < -0.3 is 9.47 Å².